The van der Waals surface area contributed by atoms with Gasteiger partial charge in [-0.1, -0.05) is 42.1 Å². The van der Waals surface area contributed by atoms with Gasteiger partial charge in [-0.2, -0.15) is 0 Å². The zero-order valence-electron chi connectivity index (χ0n) is 6.37. The minimum absolute atomic E-state index is 0. The average molecular weight is 176 g/mol. The second kappa shape index (κ2) is 5.65. The fourth-order valence-electron chi connectivity index (χ4n) is 0.724. The van der Waals surface area contributed by atoms with Crippen LogP contribution >= 0.6 is 0 Å². The van der Waals surface area contributed by atoms with E-state index < -0.39 is 9.04 Å². The topological polar surface area (TPSA) is 23.1 Å². The minimum Gasteiger partial charge on any atom is -0.858 e. The zero-order valence-corrected chi connectivity index (χ0v) is 10.7. The molecule has 0 fully saturated rings. The van der Waals surface area contributed by atoms with Gasteiger partial charge in [0, 0.05) is 0 Å². The molecule has 0 aliphatic carbocycles. The Labute approximate surface area is 106 Å². The van der Waals surface area contributed by atoms with Crippen molar-refractivity contribution in [1.82, 2.24) is 0 Å². The normalized spacial score (nSPS) is 11.8. The van der Waals surface area contributed by atoms with Crippen LogP contribution in [0.4, 0.5) is 0 Å². The Morgan fingerprint density at radius 3 is 2.00 bits per heavy atom. The molecule has 0 N–H and O–H groups in total. The van der Waals surface area contributed by atoms with Crippen molar-refractivity contribution in [3.05, 3.63) is 30.3 Å². The van der Waals surface area contributed by atoms with Crippen LogP contribution in [-0.2, 0) is 0 Å². The molecule has 0 radical (unpaired) electrons. The third kappa shape index (κ3) is 3.43. The molecule has 10 heavy (non-hydrogen) atoms. The molecule has 0 spiro atoms. The van der Waals surface area contributed by atoms with Gasteiger partial charge in [-0.15, -0.1) is 0 Å². The van der Waals surface area contributed by atoms with E-state index in [1.807, 2.05) is 30.3 Å². The molecule has 0 bridgehead atoms. The van der Waals surface area contributed by atoms with E-state index >= 15 is 0 Å². The Bertz CT molecular complexity index is 176. The van der Waals surface area contributed by atoms with Crippen molar-refractivity contribution in [2.45, 2.75) is 6.55 Å². The first kappa shape index (κ1) is 11.0. The maximum atomic E-state index is 10.9. The van der Waals surface area contributed by atoms with Gasteiger partial charge in [0.1, 0.15) is 0 Å². The van der Waals surface area contributed by atoms with E-state index in [1.54, 1.807) is 6.55 Å². The maximum absolute atomic E-state index is 10.9. The Hall–Kier alpha value is 1.03. The summed E-state index contributed by atoms with van der Waals surface area (Å²) in [5.74, 6) is 0. The molecule has 0 aromatic heterocycles. The van der Waals surface area contributed by atoms with Crippen molar-refractivity contribution in [1.29, 1.82) is 0 Å². The molecular formula is C7H9KOSi. The Morgan fingerprint density at radius 1 is 1.20 bits per heavy atom. The van der Waals surface area contributed by atoms with Gasteiger partial charge >= 0.3 is 51.4 Å². The van der Waals surface area contributed by atoms with Crippen molar-refractivity contribution in [3.8, 4) is 0 Å². The molecule has 0 aliphatic heterocycles. The van der Waals surface area contributed by atoms with E-state index in [0.29, 0.717) is 0 Å². The molecule has 0 saturated carbocycles. The van der Waals surface area contributed by atoms with Crippen LogP contribution in [0.3, 0.4) is 0 Å². The predicted octanol–water partition coefficient (Wildman–Crippen LogP) is -3.39. The first-order valence-corrected chi connectivity index (χ1v) is 5.22. The van der Waals surface area contributed by atoms with Crippen LogP contribution in [0, 0.1) is 0 Å². The first-order chi connectivity index (χ1) is 4.30. The molecule has 1 rings (SSSR count). The SMILES string of the molecule is C[SiH]([O-])c1ccccc1.[K+]. The third-order valence-corrected chi connectivity index (χ3v) is 2.59. The van der Waals surface area contributed by atoms with Gasteiger partial charge in [-0.05, 0) is 9.04 Å². The molecule has 1 aromatic carbocycles. The molecule has 1 atom stereocenters. The summed E-state index contributed by atoms with van der Waals surface area (Å²) in [7, 11) is -1.78. The van der Waals surface area contributed by atoms with Crippen molar-refractivity contribution in [3.63, 3.8) is 0 Å². The maximum Gasteiger partial charge on any atom is 1.00 e. The van der Waals surface area contributed by atoms with E-state index in [4.69, 9.17) is 0 Å². The standard InChI is InChI=1S/C7H9OSi.K/c1-9(8)7-5-3-2-4-6-7;/h2-6,9H,1H3;/q-1;+1. The molecule has 0 aliphatic rings. The summed E-state index contributed by atoms with van der Waals surface area (Å²) in [6, 6.07) is 9.57. The first-order valence-electron chi connectivity index (χ1n) is 3.01. The van der Waals surface area contributed by atoms with Crippen molar-refractivity contribution < 1.29 is 56.2 Å². The molecular weight excluding hydrogens is 167 g/mol. The Kier molecular flexibility index (Phi) is 6.24. The third-order valence-electron chi connectivity index (χ3n) is 1.27. The molecule has 3 heteroatoms. The fourth-order valence-corrected chi connectivity index (χ4v) is 1.49. The molecule has 1 aromatic rings. The quantitative estimate of drug-likeness (QED) is 0.409. The largest absolute Gasteiger partial charge is 1.00 e. The summed E-state index contributed by atoms with van der Waals surface area (Å²) in [5, 5.41) is 0.998. The van der Waals surface area contributed by atoms with Gasteiger partial charge in [0.25, 0.3) is 0 Å². The van der Waals surface area contributed by atoms with E-state index in [-0.39, 0.29) is 51.4 Å². The number of hydrogen-bond acceptors (Lipinski definition) is 1. The monoisotopic (exact) mass is 176 g/mol. The minimum atomic E-state index is -1.78. The zero-order chi connectivity index (χ0) is 6.69. The molecule has 0 saturated heterocycles. The van der Waals surface area contributed by atoms with Crippen molar-refractivity contribution >= 4 is 14.2 Å². The average Bonchev–Trinajstić information content (AvgIpc) is 1.90. The molecule has 1 nitrogen and oxygen atoms in total. The summed E-state index contributed by atoms with van der Waals surface area (Å²) < 4.78 is 0. The Balaban J connectivity index is 0.000000810. The van der Waals surface area contributed by atoms with Crippen LogP contribution in [0.15, 0.2) is 30.3 Å². The predicted molar refractivity (Wildman–Crippen MR) is 39.1 cm³/mol. The van der Waals surface area contributed by atoms with Crippen LogP contribution in [0.1, 0.15) is 0 Å². The van der Waals surface area contributed by atoms with Gasteiger partial charge < -0.3 is 4.80 Å². The van der Waals surface area contributed by atoms with Gasteiger partial charge in [-0.25, -0.2) is 0 Å². The van der Waals surface area contributed by atoms with Crippen LogP contribution in [0.25, 0.3) is 0 Å². The van der Waals surface area contributed by atoms with Crippen LogP contribution in [0.2, 0.25) is 6.55 Å². The molecule has 0 heterocycles. The van der Waals surface area contributed by atoms with Gasteiger partial charge in [0.05, 0.1) is 0 Å². The fraction of sp³-hybridized carbons (Fsp3) is 0.143. The van der Waals surface area contributed by atoms with Crippen molar-refractivity contribution in [2.24, 2.45) is 0 Å². The summed E-state index contributed by atoms with van der Waals surface area (Å²) in [5.41, 5.74) is 0. The molecule has 1 unspecified atom stereocenters. The van der Waals surface area contributed by atoms with E-state index in [0.717, 1.165) is 5.19 Å². The summed E-state index contributed by atoms with van der Waals surface area (Å²) in [4.78, 5) is 10.9. The van der Waals surface area contributed by atoms with Gasteiger partial charge in [0.2, 0.25) is 0 Å². The summed E-state index contributed by atoms with van der Waals surface area (Å²) in [6.45, 7) is 1.79. The van der Waals surface area contributed by atoms with E-state index in [1.165, 1.54) is 0 Å². The number of rotatable bonds is 1. The van der Waals surface area contributed by atoms with Crippen LogP contribution < -0.4 is 61.4 Å². The number of benzene rings is 1. The second-order valence-corrected chi connectivity index (χ2v) is 4.00. The Morgan fingerprint density at radius 2 is 1.70 bits per heavy atom. The number of hydrogen-bond donors (Lipinski definition) is 0. The van der Waals surface area contributed by atoms with Gasteiger partial charge in [0.15, 0.2) is 0 Å². The molecule has 0 amide bonds. The van der Waals surface area contributed by atoms with Crippen molar-refractivity contribution in [2.75, 3.05) is 0 Å². The summed E-state index contributed by atoms with van der Waals surface area (Å²) >= 11 is 0. The second-order valence-electron chi connectivity index (χ2n) is 2.05. The molecule has 48 valence electrons. The van der Waals surface area contributed by atoms with E-state index in [2.05, 4.69) is 0 Å². The van der Waals surface area contributed by atoms with E-state index in [9.17, 15) is 4.80 Å². The smallest absolute Gasteiger partial charge is 0.858 e. The van der Waals surface area contributed by atoms with Crippen LogP contribution in [-0.4, -0.2) is 9.04 Å². The summed E-state index contributed by atoms with van der Waals surface area (Å²) in [6.07, 6.45) is 0. The van der Waals surface area contributed by atoms with Gasteiger partial charge in [-0.3, -0.25) is 0 Å². The van der Waals surface area contributed by atoms with Crippen LogP contribution in [0.5, 0.6) is 0 Å².